The molecule has 6 nitrogen and oxygen atoms in total. The maximum atomic E-state index is 12.6. The van der Waals surface area contributed by atoms with E-state index in [0.29, 0.717) is 35.3 Å². The van der Waals surface area contributed by atoms with Crippen LogP contribution in [-0.4, -0.2) is 22.5 Å². The van der Waals surface area contributed by atoms with Crippen molar-refractivity contribution in [1.29, 1.82) is 0 Å². The third kappa shape index (κ3) is 3.35. The molecule has 0 aliphatic heterocycles. The largest absolute Gasteiger partial charge is 0.325 e. The van der Waals surface area contributed by atoms with Gasteiger partial charge in [-0.25, -0.2) is 0 Å². The molecule has 1 aliphatic rings. The van der Waals surface area contributed by atoms with Gasteiger partial charge in [0, 0.05) is 23.2 Å². The van der Waals surface area contributed by atoms with Gasteiger partial charge < -0.3 is 10.3 Å². The van der Waals surface area contributed by atoms with E-state index in [9.17, 15) is 19.2 Å². The molecule has 1 aromatic heterocycles. The number of Topliss-reactive ketones (excluding diaryl/α,β-unsaturated/α-hetero) is 2. The van der Waals surface area contributed by atoms with Crippen LogP contribution >= 0.6 is 0 Å². The zero-order valence-electron chi connectivity index (χ0n) is 14.9. The summed E-state index contributed by atoms with van der Waals surface area (Å²) in [5.74, 6) is -0.941. The number of carbonyl (C=O) groups is 3. The summed E-state index contributed by atoms with van der Waals surface area (Å²) in [6, 6.07) is 7.93. The summed E-state index contributed by atoms with van der Waals surface area (Å²) in [6.45, 7) is 5.33. The van der Waals surface area contributed by atoms with E-state index in [-0.39, 0.29) is 22.5 Å². The summed E-state index contributed by atoms with van der Waals surface area (Å²) in [4.78, 5) is 51.7. The Balaban J connectivity index is 1.97. The summed E-state index contributed by atoms with van der Waals surface area (Å²) >= 11 is 0. The molecule has 2 aromatic rings. The molecule has 0 saturated heterocycles. The molecule has 0 fully saturated rings. The van der Waals surface area contributed by atoms with Gasteiger partial charge in [-0.05, 0) is 37.0 Å². The van der Waals surface area contributed by atoms with Crippen molar-refractivity contribution in [3.63, 3.8) is 0 Å². The Bertz CT molecular complexity index is 986. The van der Waals surface area contributed by atoms with Gasteiger partial charge in [0.25, 0.3) is 11.5 Å². The number of aromatic amines is 1. The lowest BCUT2D eigenvalue weighted by atomic mass is 9.75. The number of fused-ring (bicyclic) bond motifs is 1. The molecule has 1 amide bonds. The third-order valence-electron chi connectivity index (χ3n) is 4.52. The van der Waals surface area contributed by atoms with E-state index < -0.39 is 11.5 Å². The number of hydrogen-bond donors (Lipinski definition) is 2. The van der Waals surface area contributed by atoms with Gasteiger partial charge in [0.05, 0.1) is 5.69 Å². The van der Waals surface area contributed by atoms with Gasteiger partial charge in [-0.1, -0.05) is 26.0 Å². The minimum Gasteiger partial charge on any atom is -0.325 e. The highest BCUT2D eigenvalue weighted by Gasteiger charge is 2.32. The van der Waals surface area contributed by atoms with Crippen molar-refractivity contribution in [2.45, 2.75) is 33.6 Å². The minimum atomic E-state index is -0.652. The van der Waals surface area contributed by atoms with E-state index in [1.807, 2.05) is 13.8 Å². The van der Waals surface area contributed by atoms with E-state index in [4.69, 9.17) is 0 Å². The van der Waals surface area contributed by atoms with Crippen molar-refractivity contribution in [2.75, 3.05) is 5.32 Å². The molecule has 6 heteroatoms. The SMILES string of the molecule is CC(=O)c1ccccc1NC(=O)c1cc2c([nH]c1=O)CC(C)(C)CC2=O. The zero-order valence-corrected chi connectivity index (χ0v) is 14.9. The summed E-state index contributed by atoms with van der Waals surface area (Å²) in [6.07, 6.45) is 0.929. The molecule has 0 atom stereocenters. The van der Waals surface area contributed by atoms with Crippen LogP contribution in [0, 0.1) is 5.41 Å². The monoisotopic (exact) mass is 352 g/mol. The zero-order chi connectivity index (χ0) is 19.1. The molecule has 26 heavy (non-hydrogen) atoms. The average molecular weight is 352 g/mol. The predicted molar refractivity (Wildman–Crippen MR) is 97.9 cm³/mol. The van der Waals surface area contributed by atoms with Gasteiger partial charge in [-0.15, -0.1) is 0 Å². The highest BCUT2D eigenvalue weighted by molar-refractivity contribution is 6.10. The fraction of sp³-hybridized carbons (Fsp3) is 0.300. The maximum Gasteiger partial charge on any atom is 0.261 e. The molecule has 0 radical (unpaired) electrons. The quantitative estimate of drug-likeness (QED) is 0.830. The topological polar surface area (TPSA) is 96.1 Å². The van der Waals surface area contributed by atoms with Gasteiger partial charge in [0.15, 0.2) is 11.6 Å². The summed E-state index contributed by atoms with van der Waals surface area (Å²) in [5.41, 5.74) is 0.716. The molecule has 0 saturated carbocycles. The van der Waals surface area contributed by atoms with Gasteiger partial charge >= 0.3 is 0 Å². The average Bonchev–Trinajstić information content (AvgIpc) is 2.53. The van der Waals surface area contributed by atoms with E-state index >= 15 is 0 Å². The summed E-state index contributed by atoms with van der Waals surface area (Å²) < 4.78 is 0. The Morgan fingerprint density at radius 2 is 1.77 bits per heavy atom. The summed E-state index contributed by atoms with van der Waals surface area (Å²) in [5, 5.41) is 2.60. The Labute approximate surface area is 150 Å². The number of H-pyrrole nitrogens is 1. The van der Waals surface area contributed by atoms with Crippen LogP contribution < -0.4 is 10.9 Å². The number of hydrogen-bond acceptors (Lipinski definition) is 4. The second kappa shape index (κ2) is 6.37. The smallest absolute Gasteiger partial charge is 0.261 e. The van der Waals surface area contributed by atoms with E-state index in [1.165, 1.54) is 13.0 Å². The van der Waals surface area contributed by atoms with Gasteiger partial charge in [0.2, 0.25) is 0 Å². The Morgan fingerprint density at radius 1 is 1.08 bits per heavy atom. The molecule has 134 valence electrons. The first-order chi connectivity index (χ1) is 12.2. The number of nitrogens with one attached hydrogen (secondary N) is 2. The van der Waals surface area contributed by atoms with Crippen molar-refractivity contribution in [1.82, 2.24) is 4.98 Å². The summed E-state index contributed by atoms with van der Waals surface area (Å²) in [7, 11) is 0. The number of rotatable bonds is 3. The maximum absolute atomic E-state index is 12.6. The van der Waals surface area contributed by atoms with Gasteiger partial charge in [-0.3, -0.25) is 19.2 Å². The molecule has 2 N–H and O–H groups in total. The molecular weight excluding hydrogens is 332 g/mol. The van der Waals surface area contributed by atoms with Crippen molar-refractivity contribution in [2.24, 2.45) is 5.41 Å². The number of benzene rings is 1. The number of para-hydroxylation sites is 1. The van der Waals surface area contributed by atoms with E-state index in [0.717, 1.165) is 0 Å². The van der Waals surface area contributed by atoms with Crippen molar-refractivity contribution >= 4 is 23.2 Å². The number of amides is 1. The lowest BCUT2D eigenvalue weighted by molar-refractivity contribution is 0.0909. The first-order valence-electron chi connectivity index (χ1n) is 8.39. The van der Waals surface area contributed by atoms with Crippen LogP contribution in [0.3, 0.4) is 0 Å². The van der Waals surface area contributed by atoms with Crippen molar-refractivity contribution in [3.8, 4) is 0 Å². The minimum absolute atomic E-state index is 0.0920. The van der Waals surface area contributed by atoms with Crippen LogP contribution in [0.5, 0.6) is 0 Å². The van der Waals surface area contributed by atoms with Gasteiger partial charge in [0.1, 0.15) is 5.56 Å². The predicted octanol–water partition coefficient (Wildman–Crippen LogP) is 2.98. The van der Waals surface area contributed by atoms with Gasteiger partial charge in [-0.2, -0.15) is 0 Å². The second-order valence-corrected chi connectivity index (χ2v) is 7.40. The lowest BCUT2D eigenvalue weighted by Gasteiger charge is -2.29. The van der Waals surface area contributed by atoms with Crippen LogP contribution in [0.4, 0.5) is 5.69 Å². The molecule has 0 unspecified atom stereocenters. The van der Waals surface area contributed by atoms with Crippen LogP contribution in [0.15, 0.2) is 35.1 Å². The fourth-order valence-electron chi connectivity index (χ4n) is 3.29. The van der Waals surface area contributed by atoms with Crippen LogP contribution in [0.25, 0.3) is 0 Å². The first kappa shape index (κ1) is 17.8. The number of ketones is 2. The van der Waals surface area contributed by atoms with E-state index in [1.54, 1.807) is 24.3 Å². The molecular formula is C20H20N2O4. The normalized spacial score (nSPS) is 15.3. The van der Waals surface area contributed by atoms with Crippen LogP contribution in [0.1, 0.15) is 64.0 Å². The first-order valence-corrected chi connectivity index (χ1v) is 8.39. The molecule has 0 spiro atoms. The third-order valence-corrected chi connectivity index (χ3v) is 4.52. The standard InChI is InChI=1S/C20H20N2O4/c1-11(23)12-6-4-5-7-15(12)21-18(25)14-8-13-16(22-19(14)26)9-20(2,3)10-17(13)24/h4-8H,9-10H2,1-3H3,(H,21,25)(H,22,26). The van der Waals surface area contributed by atoms with Crippen molar-refractivity contribution in [3.05, 3.63) is 63.1 Å². The lowest BCUT2D eigenvalue weighted by Crippen LogP contribution is -2.33. The van der Waals surface area contributed by atoms with Crippen LogP contribution in [0.2, 0.25) is 0 Å². The molecule has 1 aromatic carbocycles. The second-order valence-electron chi connectivity index (χ2n) is 7.40. The Hall–Kier alpha value is -3.02. The fourth-order valence-corrected chi connectivity index (χ4v) is 3.29. The highest BCUT2D eigenvalue weighted by atomic mass is 16.2. The van der Waals surface area contributed by atoms with Crippen LogP contribution in [-0.2, 0) is 6.42 Å². The molecule has 1 aliphatic carbocycles. The van der Waals surface area contributed by atoms with Crippen molar-refractivity contribution < 1.29 is 14.4 Å². The Morgan fingerprint density at radius 3 is 2.46 bits per heavy atom. The number of anilines is 1. The number of carbonyl (C=O) groups excluding carboxylic acids is 3. The molecule has 1 heterocycles. The highest BCUT2D eigenvalue weighted by Crippen LogP contribution is 2.33. The number of pyridine rings is 1. The molecule has 3 rings (SSSR count). The molecule has 0 bridgehead atoms. The Kier molecular flexibility index (Phi) is 4.36. The number of aromatic nitrogens is 1. The van der Waals surface area contributed by atoms with E-state index in [2.05, 4.69) is 10.3 Å².